The minimum Gasteiger partial charge on any atom is -0.391 e. The fourth-order valence-electron chi connectivity index (χ4n) is 5.90. The quantitative estimate of drug-likeness (QED) is 0.368. The second-order valence-electron chi connectivity index (χ2n) is 10.7. The third-order valence-electron chi connectivity index (χ3n) is 8.19. The van der Waals surface area contributed by atoms with Gasteiger partial charge in [0.05, 0.1) is 16.8 Å². The molecule has 1 N–H and O–H groups in total. The predicted octanol–water partition coefficient (Wildman–Crippen LogP) is 5.71. The van der Waals surface area contributed by atoms with Crippen molar-refractivity contribution >= 4 is 33.3 Å². The molecule has 0 radical (unpaired) electrons. The van der Waals surface area contributed by atoms with E-state index < -0.39 is 0 Å². The molecule has 0 spiro atoms. The Bertz CT molecular complexity index is 1570. The molecular weight excluding hydrogens is 499 g/mol. The average molecular weight is 529 g/mol. The maximum atomic E-state index is 15.3. The van der Waals surface area contributed by atoms with Crippen molar-refractivity contribution in [2.45, 2.75) is 50.7 Å². The number of carbonyl (C=O) groups is 1. The van der Waals surface area contributed by atoms with Crippen molar-refractivity contribution in [3.63, 3.8) is 0 Å². The minimum atomic E-state index is -0.367. The van der Waals surface area contributed by atoms with E-state index in [2.05, 4.69) is 19.1 Å². The molecule has 1 amide bonds. The van der Waals surface area contributed by atoms with E-state index in [9.17, 15) is 9.90 Å². The largest absolute Gasteiger partial charge is 0.391 e. The van der Waals surface area contributed by atoms with E-state index in [1.165, 1.54) is 28.5 Å². The summed E-state index contributed by atoms with van der Waals surface area (Å²) in [6.45, 7) is 3.97. The molecule has 194 valence electrons. The Labute approximate surface area is 224 Å². The second-order valence-corrected chi connectivity index (χ2v) is 11.7. The number of aromatic nitrogens is 2. The van der Waals surface area contributed by atoms with E-state index in [1.807, 2.05) is 34.1 Å². The van der Waals surface area contributed by atoms with Crippen LogP contribution < -0.4 is 4.90 Å². The molecule has 4 aromatic rings. The molecule has 7 rings (SSSR count). The van der Waals surface area contributed by atoms with E-state index in [-0.39, 0.29) is 23.9 Å². The van der Waals surface area contributed by atoms with Crippen LogP contribution in [0.1, 0.15) is 65.3 Å². The lowest BCUT2D eigenvalue weighted by Crippen LogP contribution is -2.39. The number of aliphatic hydroxyl groups excluding tert-OH is 1. The smallest absolute Gasteiger partial charge is 0.273 e. The molecule has 1 aliphatic carbocycles. The molecular formula is C30H29FN4O2S. The molecule has 1 saturated heterocycles. The van der Waals surface area contributed by atoms with Crippen LogP contribution in [0.3, 0.4) is 0 Å². The predicted molar refractivity (Wildman–Crippen MR) is 147 cm³/mol. The summed E-state index contributed by atoms with van der Waals surface area (Å²) in [6.07, 6.45) is 3.32. The lowest BCUT2D eigenvalue weighted by Gasteiger charge is -2.35. The van der Waals surface area contributed by atoms with Crippen LogP contribution >= 0.6 is 11.3 Å². The van der Waals surface area contributed by atoms with E-state index in [0.29, 0.717) is 53.9 Å². The number of halogens is 1. The molecule has 2 atom stereocenters. The fourth-order valence-corrected chi connectivity index (χ4v) is 7.03. The lowest BCUT2D eigenvalue weighted by atomic mass is 9.93. The van der Waals surface area contributed by atoms with Gasteiger partial charge >= 0.3 is 0 Å². The number of amides is 1. The Morgan fingerprint density at radius 2 is 1.89 bits per heavy atom. The maximum absolute atomic E-state index is 15.3. The van der Waals surface area contributed by atoms with Crippen LogP contribution in [0.2, 0.25) is 0 Å². The maximum Gasteiger partial charge on any atom is 0.273 e. The number of hydrogen-bond acceptors (Lipinski definition) is 6. The van der Waals surface area contributed by atoms with Crippen LogP contribution in [0.25, 0.3) is 20.9 Å². The summed E-state index contributed by atoms with van der Waals surface area (Å²) in [5, 5.41) is 10.4. The van der Waals surface area contributed by atoms with Gasteiger partial charge in [0.1, 0.15) is 16.5 Å². The molecule has 6 nitrogen and oxygen atoms in total. The van der Waals surface area contributed by atoms with Crippen molar-refractivity contribution < 1.29 is 14.3 Å². The minimum absolute atomic E-state index is 0.0235. The van der Waals surface area contributed by atoms with Gasteiger partial charge in [-0.1, -0.05) is 24.3 Å². The first kappa shape index (κ1) is 23.7. The molecule has 1 saturated carbocycles. The number of hydrogen-bond donors (Lipinski definition) is 1. The molecule has 2 aliphatic heterocycles. The molecule has 4 heterocycles. The monoisotopic (exact) mass is 528 g/mol. The van der Waals surface area contributed by atoms with Crippen molar-refractivity contribution in [2.75, 3.05) is 24.5 Å². The Kier molecular flexibility index (Phi) is 5.70. The third kappa shape index (κ3) is 4.07. The fraction of sp³-hybridized carbons (Fsp3) is 0.367. The first-order valence-corrected chi connectivity index (χ1v) is 14.2. The number of pyridine rings is 1. The number of carbonyl (C=O) groups excluding carboxylic acids is 1. The van der Waals surface area contributed by atoms with Crippen LogP contribution in [0, 0.1) is 5.82 Å². The first-order valence-electron chi connectivity index (χ1n) is 13.4. The molecule has 0 bridgehead atoms. The summed E-state index contributed by atoms with van der Waals surface area (Å²) in [7, 11) is 0. The van der Waals surface area contributed by atoms with Gasteiger partial charge in [0.15, 0.2) is 5.65 Å². The van der Waals surface area contributed by atoms with E-state index in [4.69, 9.17) is 9.97 Å². The van der Waals surface area contributed by atoms with Crippen LogP contribution in [0.15, 0.2) is 48.5 Å². The van der Waals surface area contributed by atoms with E-state index in [1.54, 1.807) is 6.07 Å². The van der Waals surface area contributed by atoms with Gasteiger partial charge in [-0.25, -0.2) is 14.4 Å². The molecule has 2 fully saturated rings. The Morgan fingerprint density at radius 3 is 2.66 bits per heavy atom. The van der Waals surface area contributed by atoms with E-state index in [0.717, 1.165) is 35.2 Å². The number of aliphatic hydroxyl groups is 1. The van der Waals surface area contributed by atoms with Crippen LogP contribution in [-0.2, 0) is 6.42 Å². The van der Waals surface area contributed by atoms with Gasteiger partial charge in [-0.2, -0.15) is 0 Å². The SMILES string of the molecule is CC1c2ccccc2CCN1C(=O)c1cc(C2CC2)c2sc(-c3ccc(N4CCC(O)C4)cc3F)nc2n1. The Balaban J connectivity index is 1.23. The third-order valence-corrected chi connectivity index (χ3v) is 9.32. The summed E-state index contributed by atoms with van der Waals surface area (Å²) in [4.78, 5) is 27.1. The molecule has 2 unspecified atom stereocenters. The zero-order chi connectivity index (χ0) is 26.0. The molecule has 2 aromatic carbocycles. The normalized spacial score (nSPS) is 21.2. The zero-order valence-electron chi connectivity index (χ0n) is 21.2. The van der Waals surface area contributed by atoms with Crippen LogP contribution in [0.5, 0.6) is 0 Å². The Morgan fingerprint density at radius 1 is 1.05 bits per heavy atom. The number of anilines is 1. The topological polar surface area (TPSA) is 69.6 Å². The molecule has 2 aromatic heterocycles. The van der Waals surface area contributed by atoms with Crippen molar-refractivity contribution in [3.05, 3.63) is 76.7 Å². The van der Waals surface area contributed by atoms with Gasteiger partial charge < -0.3 is 14.9 Å². The van der Waals surface area contributed by atoms with Crippen LogP contribution in [0.4, 0.5) is 10.1 Å². The highest BCUT2D eigenvalue weighted by atomic mass is 32.1. The highest BCUT2D eigenvalue weighted by Gasteiger charge is 2.33. The summed E-state index contributed by atoms with van der Waals surface area (Å²) in [5.74, 6) is -0.0182. The number of β-amino-alcohol motifs (C(OH)–C–C–N with tert-alkyl or cyclic N) is 1. The van der Waals surface area contributed by atoms with Gasteiger partial charge in [-0.3, -0.25) is 4.79 Å². The molecule has 38 heavy (non-hydrogen) atoms. The number of fused-ring (bicyclic) bond motifs is 2. The summed E-state index contributed by atoms with van der Waals surface area (Å²) in [6, 6.07) is 15.4. The lowest BCUT2D eigenvalue weighted by molar-refractivity contribution is 0.0672. The van der Waals surface area contributed by atoms with Crippen molar-refractivity contribution in [1.82, 2.24) is 14.9 Å². The molecule has 8 heteroatoms. The van der Waals surface area contributed by atoms with Crippen molar-refractivity contribution in [3.8, 4) is 10.6 Å². The van der Waals surface area contributed by atoms with Crippen LogP contribution in [-0.4, -0.2) is 51.6 Å². The summed E-state index contributed by atoms with van der Waals surface area (Å²) < 4.78 is 16.2. The number of thiazole rings is 1. The van der Waals surface area contributed by atoms with Crippen molar-refractivity contribution in [2.24, 2.45) is 0 Å². The van der Waals surface area contributed by atoms with Gasteiger partial charge in [0.2, 0.25) is 0 Å². The number of benzene rings is 2. The summed E-state index contributed by atoms with van der Waals surface area (Å²) >= 11 is 1.45. The molecule has 3 aliphatic rings. The van der Waals surface area contributed by atoms with Gasteiger partial charge in [0.25, 0.3) is 5.91 Å². The summed E-state index contributed by atoms with van der Waals surface area (Å²) in [5.41, 5.74) is 5.74. The number of rotatable bonds is 4. The highest BCUT2D eigenvalue weighted by molar-refractivity contribution is 7.21. The standard InChI is InChI=1S/C30H29FN4O2S/c1-17-22-5-3-2-4-18(22)10-13-35(17)30(37)26-15-24(19-6-7-19)27-28(32-26)33-29(38-27)23-9-8-20(14-25(23)31)34-12-11-21(36)16-34/h2-5,8-9,14-15,17,19,21,36H,6-7,10-13,16H2,1H3. The Hall–Kier alpha value is -3.36. The second kappa shape index (κ2) is 9.13. The number of nitrogens with zero attached hydrogens (tertiary/aromatic N) is 4. The average Bonchev–Trinajstić information content (AvgIpc) is 3.53. The van der Waals surface area contributed by atoms with Crippen molar-refractivity contribution in [1.29, 1.82) is 0 Å². The zero-order valence-corrected chi connectivity index (χ0v) is 22.0. The van der Waals surface area contributed by atoms with E-state index >= 15 is 4.39 Å². The highest BCUT2D eigenvalue weighted by Crippen LogP contribution is 2.46. The van der Waals surface area contributed by atoms with Gasteiger partial charge in [-0.05, 0) is 79.5 Å². The van der Waals surface area contributed by atoms with Gasteiger partial charge in [-0.15, -0.1) is 11.3 Å². The first-order chi connectivity index (χ1) is 18.5. The van der Waals surface area contributed by atoms with Gasteiger partial charge in [0, 0.05) is 30.9 Å².